The third kappa shape index (κ3) is 4.11. The highest BCUT2D eigenvalue weighted by Gasteiger charge is 2.18. The van der Waals surface area contributed by atoms with Crippen molar-refractivity contribution in [2.45, 2.75) is 26.3 Å². The van der Waals surface area contributed by atoms with E-state index in [4.69, 9.17) is 0 Å². The molecule has 1 aromatic heterocycles. The van der Waals surface area contributed by atoms with Crippen LogP contribution in [0.1, 0.15) is 25.3 Å². The first kappa shape index (κ1) is 13.0. The van der Waals surface area contributed by atoms with E-state index in [1.165, 1.54) is 12.8 Å². The second kappa shape index (κ2) is 6.50. The van der Waals surface area contributed by atoms with E-state index in [2.05, 4.69) is 22.1 Å². The zero-order valence-electron chi connectivity index (χ0n) is 10.9. The van der Waals surface area contributed by atoms with Crippen LogP contribution in [0.25, 0.3) is 0 Å². The molecule has 1 saturated heterocycles. The van der Waals surface area contributed by atoms with Gasteiger partial charge in [-0.1, -0.05) is 13.0 Å². The Morgan fingerprint density at radius 2 is 2.50 bits per heavy atom. The van der Waals surface area contributed by atoms with Gasteiger partial charge < -0.3 is 5.32 Å². The summed E-state index contributed by atoms with van der Waals surface area (Å²) >= 11 is 0. The number of hydrogen-bond acceptors (Lipinski definition) is 3. The molecule has 2 heterocycles. The van der Waals surface area contributed by atoms with Gasteiger partial charge in [-0.05, 0) is 36.9 Å². The maximum absolute atomic E-state index is 11.8. The van der Waals surface area contributed by atoms with Gasteiger partial charge in [0.05, 0.1) is 6.54 Å². The summed E-state index contributed by atoms with van der Waals surface area (Å²) in [5.74, 6) is 0.817. The van der Waals surface area contributed by atoms with Crippen molar-refractivity contribution in [2.24, 2.45) is 5.92 Å². The molecule has 0 aromatic carbocycles. The van der Waals surface area contributed by atoms with Crippen molar-refractivity contribution in [3.05, 3.63) is 30.1 Å². The van der Waals surface area contributed by atoms with Gasteiger partial charge in [-0.25, -0.2) is 0 Å². The van der Waals surface area contributed by atoms with Gasteiger partial charge in [0.1, 0.15) is 0 Å². The number of aromatic nitrogens is 1. The van der Waals surface area contributed by atoms with Gasteiger partial charge >= 0.3 is 0 Å². The molecule has 2 rings (SSSR count). The average Bonchev–Trinajstić information content (AvgIpc) is 2.38. The zero-order valence-corrected chi connectivity index (χ0v) is 10.9. The van der Waals surface area contributed by atoms with Crippen LogP contribution in [0, 0.1) is 5.92 Å². The predicted octanol–water partition coefficient (Wildman–Crippen LogP) is 1.43. The van der Waals surface area contributed by atoms with Gasteiger partial charge in [-0.2, -0.15) is 0 Å². The van der Waals surface area contributed by atoms with Crippen molar-refractivity contribution < 1.29 is 4.79 Å². The first-order chi connectivity index (χ1) is 8.74. The van der Waals surface area contributed by atoms with Crippen LogP contribution in [0.3, 0.4) is 0 Å². The van der Waals surface area contributed by atoms with Crippen molar-refractivity contribution >= 4 is 5.91 Å². The molecule has 0 aliphatic carbocycles. The molecule has 1 aliphatic rings. The van der Waals surface area contributed by atoms with Crippen molar-refractivity contribution in [2.75, 3.05) is 19.6 Å². The molecule has 0 bridgehead atoms. The Morgan fingerprint density at radius 3 is 3.22 bits per heavy atom. The fourth-order valence-corrected chi connectivity index (χ4v) is 2.39. The fraction of sp³-hybridized carbons (Fsp3) is 0.571. The zero-order chi connectivity index (χ0) is 12.8. The largest absolute Gasteiger partial charge is 0.351 e. The van der Waals surface area contributed by atoms with E-state index in [-0.39, 0.29) is 5.91 Å². The van der Waals surface area contributed by atoms with Crippen LogP contribution in [0.4, 0.5) is 0 Å². The van der Waals surface area contributed by atoms with E-state index in [9.17, 15) is 4.79 Å². The van der Waals surface area contributed by atoms with E-state index in [1.807, 2.05) is 12.1 Å². The third-order valence-corrected chi connectivity index (χ3v) is 3.32. The molecule has 1 atom stereocenters. The summed E-state index contributed by atoms with van der Waals surface area (Å²) in [5.41, 5.74) is 1.04. The maximum atomic E-state index is 11.8. The number of nitrogens with one attached hydrogen (secondary N) is 1. The van der Waals surface area contributed by atoms with Crippen LogP contribution in [0.5, 0.6) is 0 Å². The van der Waals surface area contributed by atoms with Crippen LogP contribution in [0.2, 0.25) is 0 Å². The highest BCUT2D eigenvalue weighted by molar-refractivity contribution is 5.78. The summed E-state index contributed by atoms with van der Waals surface area (Å²) in [4.78, 5) is 18.1. The van der Waals surface area contributed by atoms with Crippen molar-refractivity contribution in [1.29, 1.82) is 0 Å². The Bertz CT molecular complexity index is 380. The molecule has 98 valence electrons. The van der Waals surface area contributed by atoms with Gasteiger partial charge in [0.15, 0.2) is 0 Å². The maximum Gasteiger partial charge on any atom is 0.234 e. The lowest BCUT2D eigenvalue weighted by molar-refractivity contribution is -0.122. The second-order valence-electron chi connectivity index (χ2n) is 5.12. The van der Waals surface area contributed by atoms with Crippen LogP contribution in [-0.2, 0) is 11.3 Å². The lowest BCUT2D eigenvalue weighted by Gasteiger charge is -2.30. The van der Waals surface area contributed by atoms with Gasteiger partial charge in [0.25, 0.3) is 0 Å². The molecule has 1 aromatic rings. The topological polar surface area (TPSA) is 45.2 Å². The molecular weight excluding hydrogens is 226 g/mol. The van der Waals surface area contributed by atoms with Gasteiger partial charge in [-0.3, -0.25) is 14.7 Å². The Balaban J connectivity index is 1.72. The molecule has 18 heavy (non-hydrogen) atoms. The normalized spacial score (nSPS) is 20.6. The summed E-state index contributed by atoms with van der Waals surface area (Å²) in [7, 11) is 0. The molecule has 1 unspecified atom stereocenters. The number of likely N-dealkylation sites (tertiary alicyclic amines) is 1. The number of amides is 1. The number of piperidine rings is 1. The van der Waals surface area contributed by atoms with Gasteiger partial charge in [-0.15, -0.1) is 0 Å². The Hall–Kier alpha value is -1.42. The van der Waals surface area contributed by atoms with Crippen molar-refractivity contribution in [3.63, 3.8) is 0 Å². The van der Waals surface area contributed by atoms with E-state index in [0.717, 1.165) is 18.7 Å². The first-order valence-corrected chi connectivity index (χ1v) is 6.62. The lowest BCUT2D eigenvalue weighted by Crippen LogP contribution is -2.41. The van der Waals surface area contributed by atoms with Crippen molar-refractivity contribution in [3.8, 4) is 0 Å². The highest BCUT2D eigenvalue weighted by Crippen LogP contribution is 2.14. The molecule has 4 nitrogen and oxygen atoms in total. The Labute approximate surface area is 108 Å². The number of carbonyl (C=O) groups is 1. The summed E-state index contributed by atoms with van der Waals surface area (Å²) in [6, 6.07) is 3.85. The Morgan fingerprint density at radius 1 is 1.61 bits per heavy atom. The quantitative estimate of drug-likeness (QED) is 0.875. The molecule has 1 amide bonds. The number of rotatable bonds is 4. The number of carbonyl (C=O) groups excluding carboxylic acids is 1. The first-order valence-electron chi connectivity index (χ1n) is 6.62. The highest BCUT2D eigenvalue weighted by atomic mass is 16.2. The number of nitrogens with zero attached hydrogens (tertiary/aromatic N) is 2. The van der Waals surface area contributed by atoms with E-state index < -0.39 is 0 Å². The fourth-order valence-electron chi connectivity index (χ4n) is 2.39. The summed E-state index contributed by atoms with van der Waals surface area (Å²) in [5, 5.41) is 2.94. The molecule has 0 radical (unpaired) electrons. The monoisotopic (exact) mass is 247 g/mol. The predicted molar refractivity (Wildman–Crippen MR) is 70.9 cm³/mol. The van der Waals surface area contributed by atoms with E-state index >= 15 is 0 Å². The average molecular weight is 247 g/mol. The minimum atomic E-state index is 0.105. The van der Waals surface area contributed by atoms with E-state index in [1.54, 1.807) is 12.4 Å². The minimum Gasteiger partial charge on any atom is -0.351 e. The molecule has 4 heteroatoms. The smallest absolute Gasteiger partial charge is 0.234 e. The second-order valence-corrected chi connectivity index (χ2v) is 5.12. The lowest BCUT2D eigenvalue weighted by atomic mass is 10.0. The molecule has 1 aliphatic heterocycles. The molecule has 1 N–H and O–H groups in total. The Kier molecular flexibility index (Phi) is 4.70. The summed E-state index contributed by atoms with van der Waals surface area (Å²) in [6.07, 6.45) is 6.01. The molecule has 0 spiro atoms. The number of hydrogen-bond donors (Lipinski definition) is 1. The van der Waals surface area contributed by atoms with Crippen LogP contribution >= 0.6 is 0 Å². The van der Waals surface area contributed by atoms with Crippen LogP contribution < -0.4 is 5.32 Å². The summed E-state index contributed by atoms with van der Waals surface area (Å²) < 4.78 is 0. The standard InChI is InChI=1S/C14H21N3O/c1-12-4-3-7-17(10-12)11-14(18)16-9-13-5-2-6-15-8-13/h2,5-6,8,12H,3-4,7,9-11H2,1H3,(H,16,18). The van der Waals surface area contributed by atoms with Crippen LogP contribution in [-0.4, -0.2) is 35.4 Å². The van der Waals surface area contributed by atoms with Gasteiger partial charge in [0, 0.05) is 25.5 Å². The third-order valence-electron chi connectivity index (χ3n) is 3.32. The number of pyridine rings is 1. The minimum absolute atomic E-state index is 0.105. The van der Waals surface area contributed by atoms with Gasteiger partial charge in [0.2, 0.25) is 5.91 Å². The molecule has 0 saturated carbocycles. The summed E-state index contributed by atoms with van der Waals surface area (Å²) in [6.45, 7) is 5.42. The van der Waals surface area contributed by atoms with Crippen LogP contribution in [0.15, 0.2) is 24.5 Å². The SMILES string of the molecule is CC1CCCN(CC(=O)NCc2cccnc2)C1. The van der Waals surface area contributed by atoms with E-state index in [0.29, 0.717) is 19.0 Å². The molecule has 1 fully saturated rings. The van der Waals surface area contributed by atoms with Crippen molar-refractivity contribution in [1.82, 2.24) is 15.2 Å². The molecular formula is C14H21N3O.